The smallest absolute Gasteiger partial charge is 0.336 e. The molecule has 0 N–H and O–H groups in total. The topological polar surface area (TPSA) is 114 Å². The minimum atomic E-state index is -0.674. The first-order chi connectivity index (χ1) is 19.3. The van der Waals surface area contributed by atoms with E-state index in [0.717, 1.165) is 38.2 Å². The van der Waals surface area contributed by atoms with E-state index in [1.807, 2.05) is 0 Å². The summed E-state index contributed by atoms with van der Waals surface area (Å²) in [7, 11) is 0. The van der Waals surface area contributed by atoms with Gasteiger partial charge in [0, 0.05) is 17.7 Å². The van der Waals surface area contributed by atoms with E-state index in [2.05, 4.69) is 13.2 Å². The van der Waals surface area contributed by atoms with Crippen molar-refractivity contribution in [3.63, 3.8) is 0 Å². The average molecular weight is 549 g/mol. The molecule has 1 fully saturated rings. The third-order valence-electron chi connectivity index (χ3n) is 5.80. The Balaban J connectivity index is 1.33. The van der Waals surface area contributed by atoms with Crippen molar-refractivity contribution >= 4 is 30.0 Å². The van der Waals surface area contributed by atoms with Crippen molar-refractivity contribution in [1.29, 1.82) is 0 Å². The van der Waals surface area contributed by atoms with Crippen LogP contribution in [0.1, 0.15) is 44.1 Å². The van der Waals surface area contributed by atoms with Gasteiger partial charge < -0.3 is 23.7 Å². The average Bonchev–Trinajstić information content (AvgIpc) is 2.96. The molecular formula is C31H32O9. The van der Waals surface area contributed by atoms with E-state index in [4.69, 9.17) is 23.7 Å². The number of hydrogen-bond acceptors (Lipinski definition) is 9. The molecule has 9 heteroatoms. The van der Waals surface area contributed by atoms with Crippen LogP contribution in [0.25, 0.3) is 6.08 Å². The molecule has 3 rings (SSSR count). The van der Waals surface area contributed by atoms with Gasteiger partial charge in [0.25, 0.3) is 0 Å². The van der Waals surface area contributed by atoms with Crippen molar-refractivity contribution < 1.29 is 42.9 Å². The van der Waals surface area contributed by atoms with Gasteiger partial charge in [0.15, 0.2) is 0 Å². The van der Waals surface area contributed by atoms with Crippen LogP contribution in [-0.2, 0) is 28.7 Å². The molecule has 0 atom stereocenters. The lowest BCUT2D eigenvalue weighted by Gasteiger charge is -2.21. The molecule has 40 heavy (non-hydrogen) atoms. The lowest BCUT2D eigenvalue weighted by Crippen LogP contribution is -2.22. The number of rotatable bonds is 13. The second kappa shape index (κ2) is 15.7. The highest BCUT2D eigenvalue weighted by Gasteiger charge is 2.20. The minimum Gasteiger partial charge on any atom is -0.490 e. The van der Waals surface area contributed by atoms with E-state index < -0.39 is 23.9 Å². The fraction of sp³-hybridized carbons (Fsp3) is 0.290. The molecule has 210 valence electrons. The van der Waals surface area contributed by atoms with Crippen LogP contribution < -0.4 is 14.2 Å². The second-order valence-corrected chi connectivity index (χ2v) is 8.93. The van der Waals surface area contributed by atoms with Gasteiger partial charge in [-0.1, -0.05) is 31.7 Å². The van der Waals surface area contributed by atoms with Crippen molar-refractivity contribution in [2.45, 2.75) is 44.6 Å². The number of ether oxygens (including phenoxy) is 5. The predicted molar refractivity (Wildman–Crippen MR) is 147 cm³/mol. The Labute approximate surface area is 233 Å². The van der Waals surface area contributed by atoms with Crippen molar-refractivity contribution in [2.75, 3.05) is 13.2 Å². The molecule has 0 radical (unpaired) electrons. The van der Waals surface area contributed by atoms with Crippen molar-refractivity contribution in [1.82, 2.24) is 0 Å². The summed E-state index contributed by atoms with van der Waals surface area (Å²) >= 11 is 0. The molecule has 9 nitrogen and oxygen atoms in total. The molecule has 0 aromatic heterocycles. The largest absolute Gasteiger partial charge is 0.490 e. The second-order valence-electron chi connectivity index (χ2n) is 8.93. The number of carbonyl (C=O) groups excluding carboxylic acids is 4. The van der Waals surface area contributed by atoms with Crippen LogP contribution in [0.5, 0.6) is 17.2 Å². The summed E-state index contributed by atoms with van der Waals surface area (Å²) in [5.74, 6) is -1.11. The molecule has 0 unspecified atom stereocenters. The van der Waals surface area contributed by atoms with Crippen LogP contribution in [0.3, 0.4) is 0 Å². The highest BCUT2D eigenvalue weighted by atomic mass is 16.6. The van der Waals surface area contributed by atoms with Gasteiger partial charge in [0.1, 0.15) is 36.6 Å². The van der Waals surface area contributed by atoms with E-state index >= 15 is 0 Å². The van der Waals surface area contributed by atoms with Crippen molar-refractivity contribution in [3.8, 4) is 17.2 Å². The molecule has 0 bridgehead atoms. The van der Waals surface area contributed by atoms with Gasteiger partial charge >= 0.3 is 23.9 Å². The van der Waals surface area contributed by atoms with Gasteiger partial charge in [-0.05, 0) is 73.7 Å². The lowest BCUT2D eigenvalue weighted by atomic mass is 9.98. The van der Waals surface area contributed by atoms with E-state index in [1.54, 1.807) is 54.6 Å². The maximum absolute atomic E-state index is 12.1. The molecule has 1 saturated carbocycles. The van der Waals surface area contributed by atoms with Gasteiger partial charge in [-0.25, -0.2) is 14.4 Å². The first-order valence-electron chi connectivity index (χ1n) is 12.9. The molecule has 2 aromatic carbocycles. The maximum Gasteiger partial charge on any atom is 0.336 e. The van der Waals surface area contributed by atoms with Gasteiger partial charge in [-0.15, -0.1) is 0 Å². The normalized spacial score (nSPS) is 13.2. The van der Waals surface area contributed by atoms with Crippen LogP contribution in [0.4, 0.5) is 0 Å². The summed E-state index contributed by atoms with van der Waals surface area (Å²) in [4.78, 5) is 47.4. The number of hydrogen-bond donors (Lipinski definition) is 0. The predicted octanol–water partition coefficient (Wildman–Crippen LogP) is 5.14. The molecule has 0 heterocycles. The third kappa shape index (κ3) is 10.6. The summed E-state index contributed by atoms with van der Waals surface area (Å²) < 4.78 is 26.3. The van der Waals surface area contributed by atoms with E-state index in [-0.39, 0.29) is 31.3 Å². The molecule has 2 aromatic rings. The van der Waals surface area contributed by atoms with Crippen LogP contribution in [0, 0.1) is 0 Å². The molecule has 0 amide bonds. The third-order valence-corrected chi connectivity index (χ3v) is 5.80. The zero-order chi connectivity index (χ0) is 28.7. The quantitative estimate of drug-likeness (QED) is 0.145. The molecule has 1 aliphatic carbocycles. The SMILES string of the molecule is C=CC(=O)Oc1ccc(/C=C/C(=O)Oc2ccc(OCCOC(=O)C(=C)CC(=O)OC3CCCCC3)cc2)cc1. The Morgan fingerprint density at radius 2 is 1.40 bits per heavy atom. The zero-order valence-electron chi connectivity index (χ0n) is 22.2. The highest BCUT2D eigenvalue weighted by Crippen LogP contribution is 2.21. The standard InChI is InChI=1S/C31H32O9/c1-3-28(32)38-26-12-9-23(10-13-26)11-18-29(33)39-27-16-14-24(15-17-27)36-19-20-37-31(35)22(2)21-30(34)40-25-7-5-4-6-8-25/h3,9-18,25H,1-2,4-8,19-21H2/b18-11+. The minimum absolute atomic E-state index is 0.0330. The number of benzene rings is 2. The Bertz CT molecular complexity index is 1220. The Kier molecular flexibility index (Phi) is 11.7. The summed E-state index contributed by atoms with van der Waals surface area (Å²) in [5, 5.41) is 0. The van der Waals surface area contributed by atoms with Gasteiger partial charge in [-0.3, -0.25) is 4.79 Å². The highest BCUT2D eigenvalue weighted by molar-refractivity contribution is 5.93. The van der Waals surface area contributed by atoms with E-state index in [1.165, 1.54) is 6.08 Å². The Morgan fingerprint density at radius 3 is 2.05 bits per heavy atom. The zero-order valence-corrected chi connectivity index (χ0v) is 22.2. The molecular weight excluding hydrogens is 516 g/mol. The van der Waals surface area contributed by atoms with Crippen molar-refractivity contribution in [2.24, 2.45) is 0 Å². The molecule has 1 aliphatic rings. The summed E-state index contributed by atoms with van der Waals surface area (Å²) in [6.07, 6.45) is 8.58. The Hall–Kier alpha value is -4.66. The van der Waals surface area contributed by atoms with Crippen LogP contribution >= 0.6 is 0 Å². The van der Waals surface area contributed by atoms with Gasteiger partial charge in [0.05, 0.1) is 6.42 Å². The molecule has 0 spiro atoms. The fourth-order valence-corrected chi connectivity index (χ4v) is 3.78. The molecule has 0 saturated heterocycles. The fourth-order valence-electron chi connectivity index (χ4n) is 3.78. The summed E-state index contributed by atoms with van der Waals surface area (Å²) in [6.45, 7) is 7.01. The summed E-state index contributed by atoms with van der Waals surface area (Å²) in [5.41, 5.74) is 0.745. The summed E-state index contributed by atoms with van der Waals surface area (Å²) in [6, 6.07) is 12.9. The maximum atomic E-state index is 12.1. The monoisotopic (exact) mass is 548 g/mol. The van der Waals surface area contributed by atoms with Gasteiger partial charge in [-0.2, -0.15) is 0 Å². The Morgan fingerprint density at radius 1 is 0.800 bits per heavy atom. The number of carbonyl (C=O) groups is 4. The first kappa shape index (κ1) is 29.9. The van der Waals surface area contributed by atoms with E-state index in [0.29, 0.717) is 22.8 Å². The lowest BCUT2D eigenvalue weighted by molar-refractivity contribution is -0.151. The van der Waals surface area contributed by atoms with Crippen LogP contribution in [-0.4, -0.2) is 43.2 Å². The van der Waals surface area contributed by atoms with Gasteiger partial charge in [0.2, 0.25) is 0 Å². The van der Waals surface area contributed by atoms with Crippen molar-refractivity contribution in [3.05, 3.63) is 85.0 Å². The first-order valence-corrected chi connectivity index (χ1v) is 12.9. The number of esters is 4. The molecule has 0 aliphatic heterocycles. The van der Waals surface area contributed by atoms with Crippen LogP contribution in [0.15, 0.2) is 79.4 Å². The van der Waals surface area contributed by atoms with E-state index in [9.17, 15) is 19.2 Å². The van der Waals surface area contributed by atoms with Crippen LogP contribution in [0.2, 0.25) is 0 Å².